The first kappa shape index (κ1) is 22.0. The summed E-state index contributed by atoms with van der Waals surface area (Å²) in [5, 5.41) is 5.82. The highest BCUT2D eigenvalue weighted by atomic mass is 35.5. The van der Waals surface area contributed by atoms with E-state index in [2.05, 4.69) is 22.5 Å². The van der Waals surface area contributed by atoms with Gasteiger partial charge in [-0.25, -0.2) is 4.98 Å². The molecule has 2 rings (SSSR count). The van der Waals surface area contributed by atoms with Gasteiger partial charge in [-0.2, -0.15) is 0 Å². The van der Waals surface area contributed by atoms with Crippen LogP contribution in [-0.4, -0.2) is 29.4 Å². The van der Waals surface area contributed by atoms with Gasteiger partial charge in [0.2, 0.25) is 11.8 Å². The van der Waals surface area contributed by atoms with Crippen LogP contribution in [0.3, 0.4) is 0 Å². The third-order valence-corrected chi connectivity index (χ3v) is 4.80. The Hall–Kier alpha value is -2.31. The standard InChI is InChI=1S/C20H23Cl2N3O3/c1-3-4-11-28-20-14(7-6-10-23-20)12-24-18(26)13(2)25-19(27)15-8-5-9-16(21)17(15)22/h5-10,13H,3-4,11-12H2,1-2H3,(H,24,26)(H,25,27). The van der Waals surface area contributed by atoms with Crippen LogP contribution in [0.25, 0.3) is 0 Å². The molecular weight excluding hydrogens is 401 g/mol. The molecule has 28 heavy (non-hydrogen) atoms. The van der Waals surface area contributed by atoms with Crippen molar-refractivity contribution in [3.05, 3.63) is 57.7 Å². The highest BCUT2D eigenvalue weighted by Gasteiger charge is 2.19. The van der Waals surface area contributed by atoms with Crippen molar-refractivity contribution in [2.24, 2.45) is 0 Å². The van der Waals surface area contributed by atoms with Gasteiger partial charge >= 0.3 is 0 Å². The second kappa shape index (κ2) is 10.9. The summed E-state index contributed by atoms with van der Waals surface area (Å²) < 4.78 is 5.66. The number of benzene rings is 1. The number of aromatic nitrogens is 1. The average molecular weight is 424 g/mol. The molecule has 0 saturated carbocycles. The Morgan fingerprint density at radius 3 is 2.75 bits per heavy atom. The van der Waals surface area contributed by atoms with Gasteiger partial charge in [0.15, 0.2) is 0 Å². The van der Waals surface area contributed by atoms with Crippen LogP contribution in [0.15, 0.2) is 36.5 Å². The smallest absolute Gasteiger partial charge is 0.253 e. The highest BCUT2D eigenvalue weighted by Crippen LogP contribution is 2.25. The van der Waals surface area contributed by atoms with E-state index in [1.54, 1.807) is 37.4 Å². The van der Waals surface area contributed by atoms with Crippen LogP contribution < -0.4 is 15.4 Å². The Labute approximate surface area is 174 Å². The first-order valence-corrected chi connectivity index (χ1v) is 9.79. The summed E-state index contributed by atoms with van der Waals surface area (Å²) >= 11 is 12.0. The number of amides is 2. The Morgan fingerprint density at radius 2 is 2.00 bits per heavy atom. The van der Waals surface area contributed by atoms with E-state index >= 15 is 0 Å². The maximum Gasteiger partial charge on any atom is 0.253 e. The summed E-state index contributed by atoms with van der Waals surface area (Å²) in [6.07, 6.45) is 3.59. The summed E-state index contributed by atoms with van der Waals surface area (Å²) in [4.78, 5) is 28.9. The van der Waals surface area contributed by atoms with E-state index in [0.717, 1.165) is 18.4 Å². The molecule has 0 fully saturated rings. The van der Waals surface area contributed by atoms with Gasteiger partial charge in [0.1, 0.15) is 6.04 Å². The van der Waals surface area contributed by atoms with Crippen molar-refractivity contribution in [2.75, 3.05) is 6.61 Å². The van der Waals surface area contributed by atoms with E-state index in [4.69, 9.17) is 27.9 Å². The maximum absolute atomic E-state index is 12.4. The number of rotatable bonds is 9. The minimum atomic E-state index is -0.760. The van der Waals surface area contributed by atoms with Crippen LogP contribution in [-0.2, 0) is 11.3 Å². The first-order valence-electron chi connectivity index (χ1n) is 9.03. The Balaban J connectivity index is 1.92. The van der Waals surface area contributed by atoms with Crippen molar-refractivity contribution in [2.45, 2.75) is 39.3 Å². The van der Waals surface area contributed by atoms with Gasteiger partial charge in [-0.1, -0.05) is 48.7 Å². The van der Waals surface area contributed by atoms with Crippen LogP contribution in [0.2, 0.25) is 10.0 Å². The summed E-state index contributed by atoms with van der Waals surface area (Å²) in [6, 6.07) is 7.61. The van der Waals surface area contributed by atoms with Gasteiger partial charge in [0.05, 0.1) is 22.2 Å². The minimum absolute atomic E-state index is 0.151. The van der Waals surface area contributed by atoms with Crippen molar-refractivity contribution in [3.63, 3.8) is 0 Å². The predicted molar refractivity (Wildman–Crippen MR) is 110 cm³/mol. The molecule has 0 aliphatic rings. The summed E-state index contributed by atoms with van der Waals surface area (Å²) in [7, 11) is 0. The van der Waals surface area contributed by atoms with Crippen molar-refractivity contribution in [3.8, 4) is 5.88 Å². The van der Waals surface area contributed by atoms with Gasteiger partial charge in [-0.05, 0) is 31.5 Å². The number of nitrogens with zero attached hydrogens (tertiary/aromatic N) is 1. The number of hydrogen-bond donors (Lipinski definition) is 2. The fraction of sp³-hybridized carbons (Fsp3) is 0.350. The zero-order valence-corrected chi connectivity index (χ0v) is 17.3. The molecule has 0 saturated heterocycles. The molecule has 8 heteroatoms. The minimum Gasteiger partial charge on any atom is -0.477 e. The zero-order valence-electron chi connectivity index (χ0n) is 15.8. The summed E-state index contributed by atoms with van der Waals surface area (Å²) in [5.74, 6) is -0.311. The van der Waals surface area contributed by atoms with Crippen molar-refractivity contribution < 1.29 is 14.3 Å². The SMILES string of the molecule is CCCCOc1ncccc1CNC(=O)C(C)NC(=O)c1cccc(Cl)c1Cl. The van der Waals surface area contributed by atoms with E-state index in [0.29, 0.717) is 12.5 Å². The molecule has 1 atom stereocenters. The molecular formula is C20H23Cl2N3O3. The lowest BCUT2D eigenvalue weighted by Gasteiger charge is -2.16. The quantitative estimate of drug-likeness (QED) is 0.597. The lowest BCUT2D eigenvalue weighted by atomic mass is 10.2. The third-order valence-electron chi connectivity index (χ3n) is 3.98. The zero-order chi connectivity index (χ0) is 20.5. The van der Waals surface area contributed by atoms with E-state index in [1.165, 1.54) is 0 Å². The van der Waals surface area contributed by atoms with Gasteiger partial charge in [-0.15, -0.1) is 0 Å². The Bertz CT molecular complexity index is 830. The van der Waals surface area contributed by atoms with Crippen molar-refractivity contribution >= 4 is 35.0 Å². The number of hydrogen-bond acceptors (Lipinski definition) is 4. The molecule has 1 heterocycles. The monoisotopic (exact) mass is 423 g/mol. The molecule has 1 aromatic carbocycles. The van der Waals surface area contributed by atoms with Gasteiger partial charge in [0.25, 0.3) is 5.91 Å². The normalized spacial score (nSPS) is 11.6. The van der Waals surface area contributed by atoms with Gasteiger partial charge in [-0.3, -0.25) is 9.59 Å². The molecule has 0 bridgehead atoms. The summed E-state index contributed by atoms with van der Waals surface area (Å²) in [6.45, 7) is 4.48. The van der Waals surface area contributed by atoms with Crippen LogP contribution in [0.5, 0.6) is 5.88 Å². The second-order valence-electron chi connectivity index (χ2n) is 6.18. The number of unbranched alkanes of at least 4 members (excludes halogenated alkanes) is 1. The average Bonchev–Trinajstić information content (AvgIpc) is 2.69. The number of carbonyl (C=O) groups is 2. The molecule has 2 aromatic rings. The summed E-state index contributed by atoms with van der Waals surface area (Å²) in [5.41, 5.74) is 0.982. The molecule has 6 nitrogen and oxygen atoms in total. The maximum atomic E-state index is 12.4. The molecule has 0 aliphatic carbocycles. The van der Waals surface area contributed by atoms with Crippen LogP contribution in [0.1, 0.15) is 42.6 Å². The van der Waals surface area contributed by atoms with Crippen molar-refractivity contribution in [1.29, 1.82) is 0 Å². The van der Waals surface area contributed by atoms with E-state index < -0.39 is 11.9 Å². The molecule has 150 valence electrons. The molecule has 0 radical (unpaired) electrons. The van der Waals surface area contributed by atoms with E-state index in [9.17, 15) is 9.59 Å². The Kier molecular flexibility index (Phi) is 8.54. The first-order chi connectivity index (χ1) is 13.4. The second-order valence-corrected chi connectivity index (χ2v) is 6.97. The Morgan fingerprint density at radius 1 is 1.21 bits per heavy atom. The molecule has 2 amide bonds. The number of ether oxygens (including phenoxy) is 1. The molecule has 1 unspecified atom stereocenters. The molecule has 2 N–H and O–H groups in total. The number of halogens is 2. The van der Waals surface area contributed by atoms with Gasteiger partial charge < -0.3 is 15.4 Å². The highest BCUT2D eigenvalue weighted by molar-refractivity contribution is 6.43. The number of carbonyl (C=O) groups excluding carboxylic acids is 2. The predicted octanol–water partition coefficient (Wildman–Crippen LogP) is 4.00. The fourth-order valence-electron chi connectivity index (χ4n) is 2.36. The molecule has 0 aliphatic heterocycles. The lowest BCUT2D eigenvalue weighted by molar-refractivity contribution is -0.122. The van der Waals surface area contributed by atoms with E-state index in [1.807, 2.05) is 6.07 Å². The van der Waals surface area contributed by atoms with Crippen LogP contribution in [0.4, 0.5) is 0 Å². The number of pyridine rings is 1. The largest absolute Gasteiger partial charge is 0.477 e. The van der Waals surface area contributed by atoms with Gasteiger partial charge in [0, 0.05) is 18.3 Å². The van der Waals surface area contributed by atoms with E-state index in [-0.39, 0.29) is 28.1 Å². The molecule has 0 spiro atoms. The lowest BCUT2D eigenvalue weighted by Crippen LogP contribution is -2.44. The molecule has 1 aromatic heterocycles. The number of nitrogens with one attached hydrogen (secondary N) is 2. The third kappa shape index (κ3) is 6.11. The van der Waals surface area contributed by atoms with Crippen LogP contribution in [0, 0.1) is 0 Å². The fourth-order valence-corrected chi connectivity index (χ4v) is 2.74. The van der Waals surface area contributed by atoms with Crippen LogP contribution >= 0.6 is 23.2 Å². The van der Waals surface area contributed by atoms with Crippen molar-refractivity contribution in [1.82, 2.24) is 15.6 Å². The topological polar surface area (TPSA) is 80.3 Å².